The summed E-state index contributed by atoms with van der Waals surface area (Å²) in [5, 5.41) is 8.45. The predicted molar refractivity (Wildman–Crippen MR) is 112 cm³/mol. The van der Waals surface area contributed by atoms with E-state index in [-0.39, 0.29) is 5.91 Å². The van der Waals surface area contributed by atoms with Crippen LogP contribution in [0.1, 0.15) is 26.4 Å². The number of halogens is 1. The van der Waals surface area contributed by atoms with Gasteiger partial charge in [-0.05, 0) is 43.3 Å². The van der Waals surface area contributed by atoms with E-state index in [1.807, 2.05) is 19.1 Å². The molecule has 7 nitrogen and oxygen atoms in total. The molecular weight excluding hydrogens is 412 g/mol. The molecule has 0 saturated carbocycles. The van der Waals surface area contributed by atoms with Crippen molar-refractivity contribution in [3.8, 4) is 5.13 Å². The molecule has 0 saturated heterocycles. The second-order valence-corrected chi connectivity index (χ2v) is 7.61. The van der Waals surface area contributed by atoms with Crippen molar-refractivity contribution in [1.82, 2.24) is 14.8 Å². The van der Waals surface area contributed by atoms with Crippen LogP contribution >= 0.6 is 22.9 Å². The standard InChI is InChI=1S/C20H15ClN4O3S/c1-11-10-16(22-18(26)12-6-8-13(9-7-12)19(27)28-2)25(24-11)20-23-17-14(21)4-3-5-15(17)29-20/h3-10H,1-2H3,(H,22,26). The fourth-order valence-electron chi connectivity index (χ4n) is 2.79. The highest BCUT2D eigenvalue weighted by molar-refractivity contribution is 7.20. The molecule has 2 aromatic heterocycles. The molecule has 1 amide bonds. The summed E-state index contributed by atoms with van der Waals surface area (Å²) < 4.78 is 7.17. The molecule has 0 atom stereocenters. The molecule has 2 aromatic carbocycles. The number of fused-ring (bicyclic) bond motifs is 1. The molecule has 0 spiro atoms. The Kier molecular flexibility index (Phi) is 5.04. The van der Waals surface area contributed by atoms with Crippen molar-refractivity contribution in [3.05, 3.63) is 70.4 Å². The number of anilines is 1. The monoisotopic (exact) mass is 426 g/mol. The summed E-state index contributed by atoms with van der Waals surface area (Å²) in [5.74, 6) is -0.304. The van der Waals surface area contributed by atoms with Crippen molar-refractivity contribution in [2.45, 2.75) is 6.92 Å². The fraction of sp³-hybridized carbons (Fsp3) is 0.100. The van der Waals surface area contributed by atoms with Crippen LogP contribution in [0.5, 0.6) is 0 Å². The number of hydrogen-bond donors (Lipinski definition) is 1. The highest BCUT2D eigenvalue weighted by atomic mass is 35.5. The Morgan fingerprint density at radius 2 is 1.86 bits per heavy atom. The number of hydrogen-bond acceptors (Lipinski definition) is 6. The van der Waals surface area contributed by atoms with Gasteiger partial charge < -0.3 is 10.1 Å². The number of carbonyl (C=O) groups is 2. The number of benzene rings is 2. The summed E-state index contributed by atoms with van der Waals surface area (Å²) in [7, 11) is 1.31. The summed E-state index contributed by atoms with van der Waals surface area (Å²) >= 11 is 7.65. The van der Waals surface area contributed by atoms with Gasteiger partial charge in [0.2, 0.25) is 5.13 Å². The van der Waals surface area contributed by atoms with Crippen molar-refractivity contribution in [2.24, 2.45) is 0 Å². The molecule has 0 unspecified atom stereocenters. The average Bonchev–Trinajstić information content (AvgIpc) is 3.31. The number of aryl methyl sites for hydroxylation is 1. The molecular formula is C20H15ClN4O3S. The van der Waals surface area contributed by atoms with Crippen LogP contribution < -0.4 is 5.32 Å². The van der Waals surface area contributed by atoms with Crippen LogP contribution in [0, 0.1) is 6.92 Å². The van der Waals surface area contributed by atoms with Gasteiger partial charge in [-0.15, -0.1) is 0 Å². The van der Waals surface area contributed by atoms with Crippen LogP contribution in [0.15, 0.2) is 48.5 Å². The third-order valence-corrected chi connectivity index (χ3v) is 5.48. The lowest BCUT2D eigenvalue weighted by molar-refractivity contribution is 0.0600. The minimum absolute atomic E-state index is 0.332. The van der Waals surface area contributed by atoms with E-state index in [1.54, 1.807) is 41.1 Å². The van der Waals surface area contributed by atoms with Gasteiger partial charge in [0.15, 0.2) is 0 Å². The average molecular weight is 427 g/mol. The summed E-state index contributed by atoms with van der Waals surface area (Å²) in [6.45, 7) is 1.83. The number of para-hydroxylation sites is 1. The van der Waals surface area contributed by atoms with Crippen molar-refractivity contribution >= 4 is 50.8 Å². The predicted octanol–water partition coefficient (Wildman–Crippen LogP) is 4.48. The zero-order chi connectivity index (χ0) is 20.5. The quantitative estimate of drug-likeness (QED) is 0.486. The van der Waals surface area contributed by atoms with Crippen LogP contribution in [0.25, 0.3) is 15.3 Å². The van der Waals surface area contributed by atoms with E-state index in [9.17, 15) is 9.59 Å². The molecule has 9 heteroatoms. The maximum atomic E-state index is 12.7. The maximum Gasteiger partial charge on any atom is 0.337 e. The van der Waals surface area contributed by atoms with Gasteiger partial charge in [0.05, 0.1) is 28.1 Å². The Balaban J connectivity index is 1.63. The Morgan fingerprint density at radius 1 is 1.14 bits per heavy atom. The first-order chi connectivity index (χ1) is 14.0. The molecule has 1 N–H and O–H groups in total. The summed E-state index contributed by atoms with van der Waals surface area (Å²) in [4.78, 5) is 28.8. The minimum Gasteiger partial charge on any atom is -0.465 e. The number of rotatable bonds is 4. The van der Waals surface area contributed by atoms with Crippen molar-refractivity contribution < 1.29 is 14.3 Å². The first-order valence-electron chi connectivity index (χ1n) is 8.58. The number of esters is 1. The van der Waals surface area contributed by atoms with Crippen LogP contribution in [-0.4, -0.2) is 33.8 Å². The third kappa shape index (κ3) is 3.72. The van der Waals surface area contributed by atoms with Gasteiger partial charge in [0.25, 0.3) is 5.91 Å². The van der Waals surface area contributed by atoms with Crippen LogP contribution in [0.4, 0.5) is 5.82 Å². The topological polar surface area (TPSA) is 86.1 Å². The lowest BCUT2D eigenvalue weighted by atomic mass is 10.1. The Labute approximate surface area is 174 Å². The lowest BCUT2D eigenvalue weighted by Gasteiger charge is -2.07. The number of amides is 1. The van der Waals surface area contributed by atoms with Gasteiger partial charge in [-0.1, -0.05) is 29.0 Å². The SMILES string of the molecule is COC(=O)c1ccc(C(=O)Nc2cc(C)nn2-c2nc3c(Cl)cccc3s2)cc1. The maximum absolute atomic E-state index is 12.7. The second-order valence-electron chi connectivity index (χ2n) is 6.19. The van der Waals surface area contributed by atoms with E-state index in [4.69, 9.17) is 11.6 Å². The molecule has 0 fully saturated rings. The molecule has 29 heavy (non-hydrogen) atoms. The van der Waals surface area contributed by atoms with Crippen molar-refractivity contribution in [1.29, 1.82) is 0 Å². The first kappa shape index (κ1) is 19.1. The van der Waals surface area contributed by atoms with Gasteiger partial charge in [0.1, 0.15) is 11.3 Å². The minimum atomic E-state index is -0.458. The summed E-state index contributed by atoms with van der Waals surface area (Å²) in [6.07, 6.45) is 0. The van der Waals surface area contributed by atoms with Gasteiger partial charge in [-0.3, -0.25) is 4.79 Å². The highest BCUT2D eigenvalue weighted by Gasteiger charge is 2.16. The number of nitrogens with zero attached hydrogens (tertiary/aromatic N) is 3. The first-order valence-corrected chi connectivity index (χ1v) is 9.77. The molecule has 146 valence electrons. The van der Waals surface area contributed by atoms with E-state index < -0.39 is 5.97 Å². The Bertz CT molecular complexity index is 1230. The van der Waals surface area contributed by atoms with E-state index in [0.29, 0.717) is 32.6 Å². The molecule has 0 aliphatic carbocycles. The molecule has 2 heterocycles. The van der Waals surface area contributed by atoms with Gasteiger partial charge >= 0.3 is 5.97 Å². The zero-order valence-corrected chi connectivity index (χ0v) is 17.0. The molecule has 4 aromatic rings. The van der Waals surface area contributed by atoms with Gasteiger partial charge in [-0.2, -0.15) is 9.78 Å². The van der Waals surface area contributed by atoms with Crippen LogP contribution in [0.2, 0.25) is 5.02 Å². The number of thiazole rings is 1. The van der Waals surface area contributed by atoms with Gasteiger partial charge in [0, 0.05) is 11.6 Å². The van der Waals surface area contributed by atoms with Crippen LogP contribution in [0.3, 0.4) is 0 Å². The van der Waals surface area contributed by atoms with Crippen molar-refractivity contribution in [3.63, 3.8) is 0 Å². The van der Waals surface area contributed by atoms with E-state index >= 15 is 0 Å². The lowest BCUT2D eigenvalue weighted by Crippen LogP contribution is -2.15. The molecule has 0 aliphatic rings. The largest absolute Gasteiger partial charge is 0.465 e. The normalized spacial score (nSPS) is 10.9. The van der Waals surface area contributed by atoms with Crippen LogP contribution in [-0.2, 0) is 4.74 Å². The molecule has 0 bridgehead atoms. The highest BCUT2D eigenvalue weighted by Crippen LogP contribution is 2.31. The molecule has 4 rings (SSSR count). The number of aromatic nitrogens is 3. The molecule has 0 aliphatic heterocycles. The number of nitrogens with one attached hydrogen (secondary N) is 1. The number of carbonyl (C=O) groups excluding carboxylic acids is 2. The van der Waals surface area contributed by atoms with E-state index in [2.05, 4.69) is 20.1 Å². The van der Waals surface area contributed by atoms with E-state index in [1.165, 1.54) is 18.4 Å². The Morgan fingerprint density at radius 3 is 2.55 bits per heavy atom. The fourth-order valence-corrected chi connectivity index (χ4v) is 4.02. The summed E-state index contributed by atoms with van der Waals surface area (Å²) in [5.41, 5.74) is 2.19. The molecule has 0 radical (unpaired) electrons. The third-order valence-electron chi connectivity index (χ3n) is 4.18. The smallest absolute Gasteiger partial charge is 0.337 e. The number of ether oxygens (including phenoxy) is 1. The Hall–Kier alpha value is -3.23. The summed E-state index contributed by atoms with van der Waals surface area (Å²) in [6, 6.07) is 13.5. The second kappa shape index (κ2) is 7.65. The number of methoxy groups -OCH3 is 1. The van der Waals surface area contributed by atoms with E-state index in [0.717, 1.165) is 10.4 Å². The zero-order valence-electron chi connectivity index (χ0n) is 15.5. The van der Waals surface area contributed by atoms with Gasteiger partial charge in [-0.25, -0.2) is 9.78 Å². The van der Waals surface area contributed by atoms with Crippen molar-refractivity contribution in [2.75, 3.05) is 12.4 Å².